The summed E-state index contributed by atoms with van der Waals surface area (Å²) in [5, 5.41) is 10.6. The molecule has 36 heavy (non-hydrogen) atoms. The van der Waals surface area contributed by atoms with Crippen LogP contribution in [0.2, 0.25) is 0 Å². The van der Waals surface area contributed by atoms with Gasteiger partial charge in [-0.05, 0) is 43.0 Å². The number of likely N-dealkylation sites (tertiary alicyclic amines) is 1. The Morgan fingerprint density at radius 3 is 2.69 bits per heavy atom. The summed E-state index contributed by atoms with van der Waals surface area (Å²) in [5.41, 5.74) is 8.28. The van der Waals surface area contributed by atoms with Gasteiger partial charge >= 0.3 is 0 Å². The van der Waals surface area contributed by atoms with E-state index in [0.29, 0.717) is 24.7 Å². The van der Waals surface area contributed by atoms with Gasteiger partial charge in [0, 0.05) is 24.6 Å². The monoisotopic (exact) mass is 495 g/mol. The Labute approximate surface area is 212 Å². The second-order valence-electron chi connectivity index (χ2n) is 9.92. The summed E-state index contributed by atoms with van der Waals surface area (Å²) in [5.74, 6) is 1.51. The predicted octanol–water partition coefficient (Wildman–Crippen LogP) is 3.87. The van der Waals surface area contributed by atoms with Gasteiger partial charge in [0.25, 0.3) is 0 Å². The van der Waals surface area contributed by atoms with Crippen LogP contribution in [0.1, 0.15) is 62.2 Å². The zero-order valence-corrected chi connectivity index (χ0v) is 21.1. The fraction of sp³-hybridized carbons (Fsp3) is 0.536. The van der Waals surface area contributed by atoms with Crippen LogP contribution in [0.5, 0.6) is 17.2 Å². The number of benzene rings is 2. The van der Waals surface area contributed by atoms with E-state index < -0.39 is 6.04 Å². The second-order valence-corrected chi connectivity index (χ2v) is 9.92. The standard InChI is InChI=1S/C28H37N3O5/c1-3-4-7-14-36-22-13-12-18(16-23(22)34-2)27-24-25(20-10-5-6-11-21(20)32)29-30-26(24)28(33)31(27)17-19-9-8-15-35-19/h5-6,10-13,16,19,24-27,29-30,32H,3-4,7-9,14-15,17H2,1-2H3. The fourth-order valence-corrected chi connectivity index (χ4v) is 5.85. The number of hydrogen-bond acceptors (Lipinski definition) is 7. The predicted molar refractivity (Wildman–Crippen MR) is 136 cm³/mol. The number of para-hydroxylation sites is 1. The number of unbranched alkanes of at least 4 members (excludes halogenated alkanes) is 2. The average Bonchev–Trinajstić information content (AvgIpc) is 3.62. The first-order valence-corrected chi connectivity index (χ1v) is 13.1. The zero-order valence-electron chi connectivity index (χ0n) is 21.1. The van der Waals surface area contributed by atoms with Crippen molar-refractivity contribution in [2.24, 2.45) is 5.92 Å². The molecule has 5 atom stereocenters. The second kappa shape index (κ2) is 11.1. The molecule has 0 bridgehead atoms. The number of fused-ring (bicyclic) bond motifs is 1. The molecule has 0 aliphatic carbocycles. The van der Waals surface area contributed by atoms with Gasteiger partial charge < -0.3 is 24.2 Å². The molecule has 8 heteroatoms. The topological polar surface area (TPSA) is 92.3 Å². The van der Waals surface area contributed by atoms with Gasteiger partial charge in [0.1, 0.15) is 11.8 Å². The summed E-state index contributed by atoms with van der Waals surface area (Å²) in [6, 6.07) is 12.4. The minimum atomic E-state index is -0.406. The number of hydrazine groups is 1. The molecule has 1 amide bonds. The van der Waals surface area contributed by atoms with Crippen LogP contribution >= 0.6 is 0 Å². The van der Waals surface area contributed by atoms with Crippen molar-refractivity contribution in [2.75, 3.05) is 26.9 Å². The number of phenolic OH excluding ortho intramolecular Hbond substituents is 1. The molecular weight excluding hydrogens is 458 g/mol. The van der Waals surface area contributed by atoms with E-state index in [1.54, 1.807) is 13.2 Å². The Morgan fingerprint density at radius 2 is 1.94 bits per heavy atom. The van der Waals surface area contributed by atoms with Crippen LogP contribution in [-0.4, -0.2) is 54.9 Å². The van der Waals surface area contributed by atoms with E-state index in [2.05, 4.69) is 17.8 Å². The molecule has 0 spiro atoms. The highest BCUT2D eigenvalue weighted by Crippen LogP contribution is 2.49. The number of nitrogens with one attached hydrogen (secondary N) is 2. The number of ether oxygens (including phenoxy) is 3. The van der Waals surface area contributed by atoms with Crippen LogP contribution in [0, 0.1) is 5.92 Å². The van der Waals surface area contributed by atoms with Gasteiger partial charge in [0.2, 0.25) is 5.91 Å². The maximum Gasteiger partial charge on any atom is 0.242 e. The Hall–Kier alpha value is -2.81. The average molecular weight is 496 g/mol. The third-order valence-corrected chi connectivity index (χ3v) is 7.64. The minimum absolute atomic E-state index is 0.0369. The summed E-state index contributed by atoms with van der Waals surface area (Å²) in [6.07, 6.45) is 5.26. The molecule has 5 rings (SSSR count). The van der Waals surface area contributed by atoms with Crippen LogP contribution in [0.25, 0.3) is 0 Å². The van der Waals surface area contributed by atoms with Gasteiger partial charge in [-0.25, -0.2) is 10.9 Å². The van der Waals surface area contributed by atoms with Gasteiger partial charge in [-0.15, -0.1) is 0 Å². The van der Waals surface area contributed by atoms with Crippen molar-refractivity contribution < 1.29 is 24.1 Å². The molecule has 3 heterocycles. The molecule has 3 fully saturated rings. The number of carbonyl (C=O) groups is 1. The SMILES string of the molecule is CCCCCOc1ccc(C2C3C(NNC3c3ccccc3O)C(=O)N2CC2CCCO2)cc1OC. The first kappa shape index (κ1) is 24.9. The largest absolute Gasteiger partial charge is 0.508 e. The van der Waals surface area contributed by atoms with Crippen molar-refractivity contribution in [3.8, 4) is 17.2 Å². The first-order valence-electron chi connectivity index (χ1n) is 13.1. The number of aromatic hydroxyl groups is 1. The summed E-state index contributed by atoms with van der Waals surface area (Å²) in [7, 11) is 1.65. The molecule has 194 valence electrons. The van der Waals surface area contributed by atoms with Gasteiger partial charge in [-0.3, -0.25) is 4.79 Å². The van der Waals surface area contributed by atoms with E-state index in [1.807, 2.05) is 41.3 Å². The molecule has 8 nitrogen and oxygen atoms in total. The lowest BCUT2D eigenvalue weighted by Crippen LogP contribution is -2.43. The van der Waals surface area contributed by atoms with Crippen LogP contribution in [0.4, 0.5) is 0 Å². The maximum absolute atomic E-state index is 13.7. The molecule has 2 aromatic rings. The fourth-order valence-electron chi connectivity index (χ4n) is 5.85. The number of amides is 1. The van der Waals surface area contributed by atoms with Crippen molar-refractivity contribution in [1.82, 2.24) is 15.8 Å². The highest BCUT2D eigenvalue weighted by Gasteiger charge is 2.56. The molecule has 5 unspecified atom stereocenters. The number of hydrogen-bond donors (Lipinski definition) is 3. The van der Waals surface area contributed by atoms with Gasteiger partial charge in [0.05, 0.1) is 31.9 Å². The van der Waals surface area contributed by atoms with Crippen molar-refractivity contribution in [3.63, 3.8) is 0 Å². The van der Waals surface area contributed by atoms with Crippen molar-refractivity contribution in [3.05, 3.63) is 53.6 Å². The van der Waals surface area contributed by atoms with Crippen LogP contribution in [0.15, 0.2) is 42.5 Å². The summed E-state index contributed by atoms with van der Waals surface area (Å²) >= 11 is 0. The van der Waals surface area contributed by atoms with E-state index in [1.165, 1.54) is 0 Å². The van der Waals surface area contributed by atoms with Crippen LogP contribution < -0.4 is 20.3 Å². The lowest BCUT2D eigenvalue weighted by Gasteiger charge is -2.33. The number of phenols is 1. The number of rotatable bonds is 10. The van der Waals surface area contributed by atoms with E-state index in [-0.39, 0.29) is 35.8 Å². The Morgan fingerprint density at radius 1 is 1.11 bits per heavy atom. The zero-order chi connectivity index (χ0) is 25.1. The lowest BCUT2D eigenvalue weighted by atomic mass is 9.83. The van der Waals surface area contributed by atoms with Crippen molar-refractivity contribution in [2.45, 2.75) is 63.3 Å². The molecule has 0 aromatic heterocycles. The van der Waals surface area contributed by atoms with E-state index in [0.717, 1.165) is 49.8 Å². The number of carbonyl (C=O) groups excluding carboxylic acids is 1. The lowest BCUT2D eigenvalue weighted by molar-refractivity contribution is -0.132. The third-order valence-electron chi connectivity index (χ3n) is 7.64. The number of methoxy groups -OCH3 is 1. The van der Waals surface area contributed by atoms with Gasteiger partial charge in [-0.2, -0.15) is 0 Å². The minimum Gasteiger partial charge on any atom is -0.508 e. The molecule has 0 saturated carbocycles. The summed E-state index contributed by atoms with van der Waals surface area (Å²) < 4.78 is 17.6. The van der Waals surface area contributed by atoms with Gasteiger partial charge in [-0.1, -0.05) is 44.0 Å². The number of nitrogens with zero attached hydrogens (tertiary/aromatic N) is 1. The van der Waals surface area contributed by atoms with Gasteiger partial charge in [0.15, 0.2) is 11.5 Å². The first-order chi connectivity index (χ1) is 17.6. The quantitative estimate of drug-likeness (QED) is 0.431. The molecule has 3 aliphatic rings. The molecule has 3 aliphatic heterocycles. The van der Waals surface area contributed by atoms with Crippen LogP contribution in [0.3, 0.4) is 0 Å². The van der Waals surface area contributed by atoms with Crippen molar-refractivity contribution >= 4 is 5.91 Å². The summed E-state index contributed by atoms with van der Waals surface area (Å²) in [4.78, 5) is 15.7. The molecule has 3 N–H and O–H groups in total. The molecule has 3 saturated heterocycles. The Balaban J connectivity index is 1.49. The Bertz CT molecular complexity index is 1060. The maximum atomic E-state index is 13.7. The van der Waals surface area contributed by atoms with Crippen molar-refractivity contribution in [1.29, 1.82) is 0 Å². The summed E-state index contributed by atoms with van der Waals surface area (Å²) in [6.45, 7) is 4.10. The smallest absolute Gasteiger partial charge is 0.242 e. The van der Waals surface area contributed by atoms with E-state index in [4.69, 9.17) is 14.2 Å². The molecule has 2 aromatic carbocycles. The molecular formula is C28H37N3O5. The highest BCUT2D eigenvalue weighted by molar-refractivity contribution is 5.86. The van der Waals surface area contributed by atoms with Crippen LogP contribution in [-0.2, 0) is 9.53 Å². The molecule has 0 radical (unpaired) electrons. The third kappa shape index (κ3) is 4.77. The normalized spacial score (nSPS) is 27.4. The van der Waals surface area contributed by atoms with E-state index in [9.17, 15) is 9.90 Å². The van der Waals surface area contributed by atoms with E-state index >= 15 is 0 Å². The highest BCUT2D eigenvalue weighted by atomic mass is 16.5. The Kier molecular flexibility index (Phi) is 7.65.